The molecule has 3 rings (SSSR count). The number of carbonyl (C=O) groups is 1. The number of nitrogens with zero attached hydrogens (tertiary/aromatic N) is 2. The molecule has 1 atom stereocenters. The molecule has 0 fully saturated rings. The van der Waals surface area contributed by atoms with Crippen LogP contribution >= 0.6 is 0 Å². The first-order chi connectivity index (χ1) is 12.4. The van der Waals surface area contributed by atoms with Gasteiger partial charge in [0.1, 0.15) is 11.6 Å². The van der Waals surface area contributed by atoms with E-state index in [2.05, 4.69) is 10.3 Å². The molecule has 0 saturated heterocycles. The highest BCUT2D eigenvalue weighted by molar-refractivity contribution is 5.95. The Morgan fingerprint density at radius 2 is 2.08 bits per heavy atom. The number of nitrogens with two attached hydrogens (primary N) is 1. The molecule has 0 aliphatic rings. The van der Waals surface area contributed by atoms with Crippen molar-refractivity contribution < 1.29 is 9.18 Å². The van der Waals surface area contributed by atoms with Gasteiger partial charge in [-0.2, -0.15) is 0 Å². The van der Waals surface area contributed by atoms with Gasteiger partial charge in [-0.1, -0.05) is 13.3 Å². The Kier molecular flexibility index (Phi) is 5.04. The first-order valence-electron chi connectivity index (χ1n) is 8.70. The molecule has 1 aromatic heterocycles. The van der Waals surface area contributed by atoms with Gasteiger partial charge in [0.05, 0.1) is 17.1 Å². The predicted molar refractivity (Wildman–Crippen MR) is 102 cm³/mol. The largest absolute Gasteiger partial charge is 0.327 e. The highest BCUT2D eigenvalue weighted by Gasteiger charge is 2.15. The second-order valence-electron chi connectivity index (χ2n) is 6.54. The Morgan fingerprint density at radius 3 is 2.77 bits per heavy atom. The highest BCUT2D eigenvalue weighted by atomic mass is 19.1. The number of aromatic nitrogens is 2. The van der Waals surface area contributed by atoms with Crippen LogP contribution in [-0.4, -0.2) is 21.5 Å². The number of aryl methyl sites for hydroxylation is 2. The second kappa shape index (κ2) is 7.25. The smallest absolute Gasteiger partial charge is 0.241 e. The monoisotopic (exact) mass is 354 g/mol. The molecule has 26 heavy (non-hydrogen) atoms. The van der Waals surface area contributed by atoms with Gasteiger partial charge in [-0.3, -0.25) is 4.79 Å². The van der Waals surface area contributed by atoms with Crippen molar-refractivity contribution in [1.82, 2.24) is 9.55 Å². The van der Waals surface area contributed by atoms with Crippen LogP contribution in [0.2, 0.25) is 0 Å². The van der Waals surface area contributed by atoms with Crippen LogP contribution in [-0.2, 0) is 11.8 Å². The van der Waals surface area contributed by atoms with Gasteiger partial charge in [-0.05, 0) is 49.2 Å². The minimum atomic E-state index is -0.506. The van der Waals surface area contributed by atoms with Crippen molar-refractivity contribution in [3.05, 3.63) is 47.8 Å². The molecule has 0 radical (unpaired) electrons. The average Bonchev–Trinajstić information content (AvgIpc) is 2.92. The first kappa shape index (κ1) is 18.1. The summed E-state index contributed by atoms with van der Waals surface area (Å²) in [6.45, 7) is 3.92. The average molecular weight is 354 g/mol. The van der Waals surface area contributed by atoms with Gasteiger partial charge in [0.15, 0.2) is 0 Å². The van der Waals surface area contributed by atoms with Crippen LogP contribution in [0, 0.1) is 12.7 Å². The summed E-state index contributed by atoms with van der Waals surface area (Å²) in [7, 11) is 1.90. The lowest BCUT2D eigenvalue weighted by molar-refractivity contribution is -0.117. The van der Waals surface area contributed by atoms with Gasteiger partial charge in [0.25, 0.3) is 0 Å². The minimum absolute atomic E-state index is 0.180. The molecule has 0 aliphatic heterocycles. The zero-order valence-corrected chi connectivity index (χ0v) is 15.2. The summed E-state index contributed by atoms with van der Waals surface area (Å²) in [6.07, 6.45) is 1.51. The summed E-state index contributed by atoms with van der Waals surface area (Å²) in [5.41, 5.74) is 9.89. The Morgan fingerprint density at radius 1 is 1.31 bits per heavy atom. The number of fused-ring (bicyclic) bond motifs is 1. The van der Waals surface area contributed by atoms with Gasteiger partial charge in [-0.25, -0.2) is 9.37 Å². The number of nitrogens with one attached hydrogen (secondary N) is 1. The van der Waals surface area contributed by atoms with Gasteiger partial charge < -0.3 is 15.6 Å². The maximum atomic E-state index is 13.4. The number of imidazole rings is 1. The molecule has 1 amide bonds. The van der Waals surface area contributed by atoms with Crippen molar-refractivity contribution in [3.8, 4) is 11.4 Å². The molecule has 3 N–H and O–H groups in total. The van der Waals surface area contributed by atoms with E-state index in [0.717, 1.165) is 34.6 Å². The number of halogens is 1. The lowest BCUT2D eigenvalue weighted by atomic mass is 10.1. The summed E-state index contributed by atoms with van der Waals surface area (Å²) < 4.78 is 15.4. The van der Waals surface area contributed by atoms with E-state index in [1.807, 2.05) is 43.7 Å². The number of hydrogen-bond donors (Lipinski definition) is 2. The predicted octanol–water partition coefficient (Wildman–Crippen LogP) is 3.75. The fourth-order valence-corrected chi connectivity index (χ4v) is 3.04. The van der Waals surface area contributed by atoms with Crippen molar-refractivity contribution >= 4 is 22.6 Å². The summed E-state index contributed by atoms with van der Waals surface area (Å²) in [5, 5.41) is 2.88. The number of hydrogen-bond acceptors (Lipinski definition) is 3. The Balaban J connectivity index is 1.90. The van der Waals surface area contributed by atoms with Crippen LogP contribution < -0.4 is 11.1 Å². The molecular formula is C20H23FN4O. The maximum absolute atomic E-state index is 13.4. The second-order valence-corrected chi connectivity index (χ2v) is 6.54. The standard InChI is InChI=1S/C20H23FN4O/c1-4-5-15(22)20(26)24-16-8-6-13(10-12(16)2)19-23-17-11-14(21)7-9-18(17)25(19)3/h6-11,15H,4-5,22H2,1-3H3,(H,24,26). The quantitative estimate of drug-likeness (QED) is 0.733. The first-order valence-corrected chi connectivity index (χ1v) is 8.70. The Labute approximate surface area is 152 Å². The number of rotatable bonds is 5. The van der Waals surface area contributed by atoms with Crippen LogP contribution in [0.25, 0.3) is 22.4 Å². The summed E-state index contributed by atoms with van der Waals surface area (Å²) in [5.74, 6) is 0.259. The topological polar surface area (TPSA) is 72.9 Å². The number of anilines is 1. The normalized spacial score (nSPS) is 12.3. The zero-order chi connectivity index (χ0) is 18.8. The van der Waals surface area contributed by atoms with E-state index in [0.29, 0.717) is 11.9 Å². The molecule has 5 nitrogen and oxygen atoms in total. The molecule has 2 aromatic carbocycles. The van der Waals surface area contributed by atoms with Crippen molar-refractivity contribution in [1.29, 1.82) is 0 Å². The van der Waals surface area contributed by atoms with Crippen molar-refractivity contribution in [2.75, 3.05) is 5.32 Å². The molecule has 3 aromatic rings. The van der Waals surface area contributed by atoms with E-state index < -0.39 is 6.04 Å². The lowest BCUT2D eigenvalue weighted by Crippen LogP contribution is -2.35. The van der Waals surface area contributed by atoms with E-state index in [-0.39, 0.29) is 11.7 Å². The third kappa shape index (κ3) is 3.46. The molecule has 6 heteroatoms. The number of carbonyl (C=O) groups excluding carboxylic acids is 1. The van der Waals surface area contributed by atoms with E-state index in [4.69, 9.17) is 5.73 Å². The Hall–Kier alpha value is -2.73. The van der Waals surface area contributed by atoms with Crippen LogP contribution in [0.1, 0.15) is 25.3 Å². The zero-order valence-electron chi connectivity index (χ0n) is 15.2. The van der Waals surface area contributed by atoms with Crippen molar-refractivity contribution in [2.24, 2.45) is 12.8 Å². The van der Waals surface area contributed by atoms with Crippen molar-refractivity contribution in [3.63, 3.8) is 0 Å². The molecule has 0 spiro atoms. The summed E-state index contributed by atoms with van der Waals surface area (Å²) >= 11 is 0. The SMILES string of the molecule is CCCC(N)C(=O)Nc1ccc(-c2nc3cc(F)ccc3n2C)cc1C. The molecule has 0 bridgehead atoms. The summed E-state index contributed by atoms with van der Waals surface area (Å²) in [4.78, 5) is 16.7. The van der Waals surface area contributed by atoms with Gasteiger partial charge in [-0.15, -0.1) is 0 Å². The molecule has 0 saturated carbocycles. The van der Waals surface area contributed by atoms with E-state index in [1.54, 1.807) is 6.07 Å². The fourth-order valence-electron chi connectivity index (χ4n) is 3.04. The van der Waals surface area contributed by atoms with Crippen LogP contribution in [0.15, 0.2) is 36.4 Å². The lowest BCUT2D eigenvalue weighted by Gasteiger charge is -2.14. The van der Waals surface area contributed by atoms with Gasteiger partial charge >= 0.3 is 0 Å². The van der Waals surface area contributed by atoms with E-state index >= 15 is 0 Å². The van der Waals surface area contributed by atoms with E-state index in [9.17, 15) is 9.18 Å². The van der Waals surface area contributed by atoms with Gasteiger partial charge in [0, 0.05) is 24.4 Å². The van der Waals surface area contributed by atoms with Crippen LogP contribution in [0.3, 0.4) is 0 Å². The van der Waals surface area contributed by atoms with Crippen LogP contribution in [0.5, 0.6) is 0 Å². The van der Waals surface area contributed by atoms with Crippen molar-refractivity contribution in [2.45, 2.75) is 32.7 Å². The third-order valence-corrected chi connectivity index (χ3v) is 4.52. The Bertz CT molecular complexity index is 964. The molecular weight excluding hydrogens is 331 g/mol. The molecule has 0 aliphatic carbocycles. The molecule has 1 unspecified atom stereocenters. The highest BCUT2D eigenvalue weighted by Crippen LogP contribution is 2.27. The summed E-state index contributed by atoms with van der Waals surface area (Å²) in [6, 6.07) is 9.77. The fraction of sp³-hybridized carbons (Fsp3) is 0.300. The molecule has 1 heterocycles. The third-order valence-electron chi connectivity index (χ3n) is 4.52. The maximum Gasteiger partial charge on any atom is 0.241 e. The van der Waals surface area contributed by atoms with Crippen LogP contribution in [0.4, 0.5) is 10.1 Å². The molecule has 136 valence electrons. The minimum Gasteiger partial charge on any atom is -0.327 e. The van der Waals surface area contributed by atoms with Gasteiger partial charge in [0.2, 0.25) is 5.91 Å². The number of benzene rings is 2. The van der Waals surface area contributed by atoms with E-state index in [1.165, 1.54) is 12.1 Å². The number of amides is 1.